The summed E-state index contributed by atoms with van der Waals surface area (Å²) in [5.41, 5.74) is 9.29. The summed E-state index contributed by atoms with van der Waals surface area (Å²) in [4.78, 5) is 15.3. The number of nitrogens with zero attached hydrogens (tertiary/aromatic N) is 3. The molecule has 0 fully saturated rings. The molecule has 53 heavy (non-hydrogen) atoms. The van der Waals surface area contributed by atoms with Gasteiger partial charge in [-0.1, -0.05) is 152 Å². The SMILES string of the molecule is C1=CC(C2C=c3ccccc3=CC2)Cc2oc3cc(-c4nc(-c5cccc(-c6ccccc6)c5)nc(-c5cccc(-c6ccccc6)c5)n4)ccc3c21. The lowest BCUT2D eigenvalue weighted by atomic mass is 9.80. The first-order valence-corrected chi connectivity index (χ1v) is 18.3. The van der Waals surface area contributed by atoms with Crippen molar-refractivity contribution < 1.29 is 4.42 Å². The maximum Gasteiger partial charge on any atom is 0.164 e. The Kier molecular flexibility index (Phi) is 7.72. The van der Waals surface area contributed by atoms with Gasteiger partial charge in [0.05, 0.1) is 0 Å². The number of benzene rings is 6. The quantitative estimate of drug-likeness (QED) is 0.175. The average molecular weight is 682 g/mol. The molecule has 10 rings (SSSR count). The molecule has 2 unspecified atom stereocenters. The third kappa shape index (κ3) is 5.98. The molecular weight excluding hydrogens is 647 g/mol. The lowest BCUT2D eigenvalue weighted by Crippen LogP contribution is -2.31. The molecular formula is C49H35N3O. The van der Waals surface area contributed by atoms with Crippen LogP contribution >= 0.6 is 0 Å². The largest absolute Gasteiger partial charge is 0.460 e. The van der Waals surface area contributed by atoms with Crippen LogP contribution in [-0.2, 0) is 6.42 Å². The van der Waals surface area contributed by atoms with E-state index in [1.807, 2.05) is 12.1 Å². The minimum Gasteiger partial charge on any atom is -0.460 e. The molecule has 252 valence electrons. The van der Waals surface area contributed by atoms with Crippen molar-refractivity contribution in [1.82, 2.24) is 15.0 Å². The number of furan rings is 1. The Morgan fingerprint density at radius 3 is 1.66 bits per heavy atom. The lowest BCUT2D eigenvalue weighted by molar-refractivity contribution is 0.442. The van der Waals surface area contributed by atoms with Crippen molar-refractivity contribution >= 4 is 29.2 Å². The standard InChI is InChI=1S/C49H35N3O/c1-3-11-32(12-4-1)36-17-9-19-40(28-36)47-50-48(41-20-10-18-37(29-41)33-13-5-2-6-14-33)52-49(51-47)42-24-26-44-43-25-23-39(30-45(43)53-46(44)31-42)38-22-21-34-15-7-8-16-35(34)27-38/h1-21,23-29,31,38-39H,22,30H2. The van der Waals surface area contributed by atoms with Gasteiger partial charge in [-0.05, 0) is 75.2 Å². The number of hydrogen-bond acceptors (Lipinski definition) is 4. The fourth-order valence-electron chi connectivity index (χ4n) is 7.85. The Labute approximate surface area is 308 Å². The maximum absolute atomic E-state index is 6.66. The van der Waals surface area contributed by atoms with Gasteiger partial charge in [-0.3, -0.25) is 0 Å². The van der Waals surface area contributed by atoms with E-state index >= 15 is 0 Å². The molecule has 8 aromatic rings. The smallest absolute Gasteiger partial charge is 0.164 e. The van der Waals surface area contributed by atoms with Crippen LogP contribution in [0.5, 0.6) is 0 Å². The highest BCUT2D eigenvalue weighted by molar-refractivity contribution is 5.92. The van der Waals surface area contributed by atoms with Crippen LogP contribution in [0, 0.1) is 11.8 Å². The Bertz CT molecular complexity index is 2700. The van der Waals surface area contributed by atoms with E-state index in [0.29, 0.717) is 29.3 Å². The summed E-state index contributed by atoms with van der Waals surface area (Å²) in [7, 11) is 0. The Morgan fingerprint density at radius 2 is 1.02 bits per heavy atom. The first-order chi connectivity index (χ1) is 26.2. The summed E-state index contributed by atoms with van der Waals surface area (Å²) in [6.45, 7) is 0. The molecule has 0 spiro atoms. The molecule has 0 amide bonds. The maximum atomic E-state index is 6.66. The van der Waals surface area contributed by atoms with E-state index in [2.05, 4.69) is 164 Å². The van der Waals surface area contributed by atoms with Crippen LogP contribution in [0.1, 0.15) is 17.7 Å². The van der Waals surface area contributed by atoms with E-state index < -0.39 is 0 Å². The Balaban J connectivity index is 1.04. The number of hydrogen-bond donors (Lipinski definition) is 0. The molecule has 0 bridgehead atoms. The molecule has 2 aliphatic rings. The van der Waals surface area contributed by atoms with Gasteiger partial charge in [0.1, 0.15) is 11.3 Å². The van der Waals surface area contributed by atoms with Crippen LogP contribution in [-0.4, -0.2) is 15.0 Å². The number of allylic oxidation sites excluding steroid dienone is 1. The number of rotatable bonds is 6. The van der Waals surface area contributed by atoms with Crippen LogP contribution in [0.25, 0.3) is 85.6 Å². The van der Waals surface area contributed by atoms with Crippen molar-refractivity contribution in [1.29, 1.82) is 0 Å². The summed E-state index contributed by atoms with van der Waals surface area (Å²) in [5, 5.41) is 3.77. The second-order valence-electron chi connectivity index (χ2n) is 14.0. The molecule has 0 radical (unpaired) electrons. The van der Waals surface area contributed by atoms with E-state index in [4.69, 9.17) is 19.4 Å². The van der Waals surface area contributed by atoms with Crippen LogP contribution in [0.4, 0.5) is 0 Å². The first-order valence-electron chi connectivity index (χ1n) is 18.3. The van der Waals surface area contributed by atoms with E-state index in [1.54, 1.807) is 0 Å². The normalized spacial score (nSPS) is 16.0. The van der Waals surface area contributed by atoms with Crippen molar-refractivity contribution in [2.75, 3.05) is 0 Å². The molecule has 2 heterocycles. The minimum atomic E-state index is 0.388. The zero-order valence-corrected chi connectivity index (χ0v) is 29.1. The summed E-state index contributed by atoms with van der Waals surface area (Å²) < 4.78 is 6.66. The number of aromatic nitrogens is 3. The predicted molar refractivity (Wildman–Crippen MR) is 216 cm³/mol. The predicted octanol–water partition coefficient (Wildman–Crippen LogP) is 10.4. The Morgan fingerprint density at radius 1 is 0.472 bits per heavy atom. The molecule has 2 aromatic heterocycles. The molecule has 0 aliphatic heterocycles. The van der Waals surface area contributed by atoms with E-state index in [1.165, 1.54) is 16.0 Å². The zero-order chi connectivity index (χ0) is 35.1. The van der Waals surface area contributed by atoms with Crippen LogP contribution in [0.15, 0.2) is 162 Å². The first kappa shape index (κ1) is 31.1. The summed E-state index contributed by atoms with van der Waals surface area (Å²) in [6.07, 6.45) is 11.4. The highest BCUT2D eigenvalue weighted by Gasteiger charge is 2.26. The van der Waals surface area contributed by atoms with Gasteiger partial charge in [-0.2, -0.15) is 0 Å². The van der Waals surface area contributed by atoms with Gasteiger partial charge in [-0.25, -0.2) is 15.0 Å². The lowest BCUT2D eigenvalue weighted by Gasteiger charge is -2.24. The molecule has 2 aliphatic carbocycles. The van der Waals surface area contributed by atoms with Crippen molar-refractivity contribution in [3.63, 3.8) is 0 Å². The molecule has 0 saturated heterocycles. The Hall–Kier alpha value is -6.65. The van der Waals surface area contributed by atoms with Gasteiger partial charge in [0.2, 0.25) is 0 Å². The third-order valence-electron chi connectivity index (χ3n) is 10.6. The topological polar surface area (TPSA) is 51.8 Å². The minimum absolute atomic E-state index is 0.388. The second-order valence-corrected chi connectivity index (χ2v) is 14.0. The fourth-order valence-corrected chi connectivity index (χ4v) is 7.85. The fraction of sp³-hybridized carbons (Fsp3) is 0.0816. The van der Waals surface area contributed by atoms with E-state index in [9.17, 15) is 0 Å². The van der Waals surface area contributed by atoms with Crippen molar-refractivity contribution in [3.8, 4) is 56.4 Å². The molecule has 4 heteroatoms. The molecule has 4 nitrogen and oxygen atoms in total. The van der Waals surface area contributed by atoms with Gasteiger partial charge >= 0.3 is 0 Å². The van der Waals surface area contributed by atoms with Gasteiger partial charge in [0.15, 0.2) is 17.5 Å². The van der Waals surface area contributed by atoms with Gasteiger partial charge in [0.25, 0.3) is 0 Å². The van der Waals surface area contributed by atoms with E-state index in [0.717, 1.165) is 68.5 Å². The monoisotopic (exact) mass is 681 g/mol. The average Bonchev–Trinajstić information content (AvgIpc) is 3.61. The van der Waals surface area contributed by atoms with Crippen LogP contribution in [0.2, 0.25) is 0 Å². The van der Waals surface area contributed by atoms with Crippen LogP contribution < -0.4 is 10.4 Å². The molecule has 6 aromatic carbocycles. The van der Waals surface area contributed by atoms with E-state index in [-0.39, 0.29) is 0 Å². The summed E-state index contributed by atoms with van der Waals surface area (Å²) in [5.74, 6) is 3.74. The highest BCUT2D eigenvalue weighted by Crippen LogP contribution is 2.38. The summed E-state index contributed by atoms with van der Waals surface area (Å²) >= 11 is 0. The molecule has 0 N–H and O–H groups in total. The second kappa shape index (κ2) is 13.2. The molecule has 2 atom stereocenters. The van der Waals surface area contributed by atoms with Crippen molar-refractivity contribution in [2.45, 2.75) is 12.8 Å². The van der Waals surface area contributed by atoms with Gasteiger partial charge in [0, 0.05) is 34.1 Å². The van der Waals surface area contributed by atoms with Gasteiger partial charge < -0.3 is 4.42 Å². The van der Waals surface area contributed by atoms with Crippen LogP contribution in [0.3, 0.4) is 0 Å². The summed E-state index contributed by atoms with van der Waals surface area (Å²) in [6, 6.07) is 52.7. The third-order valence-corrected chi connectivity index (χ3v) is 10.6. The highest BCUT2D eigenvalue weighted by atomic mass is 16.3. The molecule has 0 saturated carbocycles. The number of fused-ring (bicyclic) bond motifs is 4. The van der Waals surface area contributed by atoms with Crippen molar-refractivity contribution in [2.24, 2.45) is 11.8 Å². The zero-order valence-electron chi connectivity index (χ0n) is 29.1. The van der Waals surface area contributed by atoms with Gasteiger partial charge in [-0.15, -0.1) is 0 Å². The van der Waals surface area contributed by atoms with Crippen molar-refractivity contribution in [3.05, 3.63) is 179 Å².